The highest BCUT2D eigenvalue weighted by molar-refractivity contribution is 5.91. The van der Waals surface area contributed by atoms with Gasteiger partial charge in [0.15, 0.2) is 17.7 Å². The topological polar surface area (TPSA) is 118 Å². The molecule has 1 aromatic heterocycles. The monoisotopic (exact) mass is 678 g/mol. The predicted octanol–water partition coefficient (Wildman–Crippen LogP) is 3.40. The number of nitrogens with zero attached hydrogens (tertiary/aromatic N) is 2. The van der Waals surface area contributed by atoms with Gasteiger partial charge in [0.1, 0.15) is 19.0 Å². The Morgan fingerprint density at radius 1 is 1.18 bits per heavy atom. The third-order valence-corrected chi connectivity index (χ3v) is 14.1. The van der Waals surface area contributed by atoms with Crippen LogP contribution >= 0.6 is 0 Å². The third kappa shape index (κ3) is 4.99. The number of quaternary nitrogens is 1. The molecule has 5 fully saturated rings. The van der Waals surface area contributed by atoms with Crippen molar-refractivity contribution in [3.05, 3.63) is 52.6 Å². The number of nitrogens with one attached hydrogen (secondary N) is 1. The Balaban J connectivity index is 1.07. The standard InChI is InChI=1S/C39H52FN3O6/c1-4-5-35-48-34-16-29-28-8-6-26-15-31-25(17-37(26,2)36(28)32(46)18-38(29,3)39(34,49-35)33(47)22-45)19-41-43(31)27-7-9-30(40)24(14-27)20-42-12-10-23(21-44)11-13-42/h7,9,14-15,19,23,28-29,32,34-36,44-46H,4-6,8,10-13,16-18,20-22H2,1-3H3/p+1/t28-,29-,32-,34+,35+,36+,37-,38-,39+/m0/s1. The molecule has 49 heavy (non-hydrogen) atoms. The van der Waals surface area contributed by atoms with Crippen molar-refractivity contribution in [1.82, 2.24) is 9.78 Å². The minimum atomic E-state index is -1.23. The van der Waals surface area contributed by atoms with E-state index in [1.165, 1.54) is 10.5 Å². The highest BCUT2D eigenvalue weighted by Gasteiger charge is 2.75. The molecule has 3 saturated carbocycles. The first-order valence-electron chi connectivity index (χ1n) is 18.7. The van der Waals surface area contributed by atoms with Crippen LogP contribution in [0.25, 0.3) is 11.8 Å². The van der Waals surface area contributed by atoms with Gasteiger partial charge in [-0.2, -0.15) is 5.10 Å². The van der Waals surface area contributed by atoms with Crippen molar-refractivity contribution in [3.63, 3.8) is 0 Å². The minimum absolute atomic E-state index is 0.00370. The fourth-order valence-corrected chi connectivity index (χ4v) is 11.7. The van der Waals surface area contributed by atoms with Gasteiger partial charge in [0, 0.05) is 30.4 Å². The quantitative estimate of drug-likeness (QED) is 0.338. The zero-order chi connectivity index (χ0) is 34.3. The Labute approximate surface area is 288 Å². The van der Waals surface area contributed by atoms with E-state index in [2.05, 4.69) is 26.8 Å². The predicted molar refractivity (Wildman–Crippen MR) is 180 cm³/mol. The van der Waals surface area contributed by atoms with Crippen LogP contribution in [0.2, 0.25) is 0 Å². The van der Waals surface area contributed by atoms with Gasteiger partial charge in [-0.05, 0) is 97.5 Å². The van der Waals surface area contributed by atoms with Gasteiger partial charge < -0.3 is 29.7 Å². The van der Waals surface area contributed by atoms with E-state index in [0.717, 1.165) is 68.6 Å². The number of carbonyl (C=O) groups excluding carboxylic acids is 1. The number of fused-ring (bicyclic) bond motifs is 8. The van der Waals surface area contributed by atoms with Crippen LogP contribution in [0.4, 0.5) is 4.39 Å². The van der Waals surface area contributed by atoms with Crippen molar-refractivity contribution in [2.45, 2.75) is 109 Å². The SMILES string of the molecule is CCC[C@@H]1O[C@@H]2C[C@H]3[C@@H]4CCC5=Cc6c(cnn6-c6ccc(F)c(C[NH+]7CCC(CO)CC7)c6)C[C@]5(C)[C@H]4[C@@H](O)C[C@]3(C)[C@]2(C(=O)CO)O1. The summed E-state index contributed by atoms with van der Waals surface area (Å²) < 4.78 is 30.0. The maximum Gasteiger partial charge on any atom is 0.193 e. The third-order valence-electron chi connectivity index (χ3n) is 14.1. The molecule has 0 radical (unpaired) electrons. The first-order valence-corrected chi connectivity index (χ1v) is 18.7. The van der Waals surface area contributed by atoms with Crippen LogP contribution in [0.5, 0.6) is 0 Å². The lowest BCUT2D eigenvalue weighted by Gasteiger charge is -2.60. The second-order valence-electron chi connectivity index (χ2n) is 16.6. The molecule has 10 heteroatoms. The van der Waals surface area contributed by atoms with Gasteiger partial charge >= 0.3 is 0 Å². The van der Waals surface area contributed by atoms with Crippen molar-refractivity contribution in [2.75, 3.05) is 26.3 Å². The molecule has 0 unspecified atom stereocenters. The van der Waals surface area contributed by atoms with Crippen molar-refractivity contribution in [2.24, 2.45) is 34.5 Å². The molecule has 266 valence electrons. The van der Waals surface area contributed by atoms with E-state index < -0.39 is 36.1 Å². The van der Waals surface area contributed by atoms with Gasteiger partial charge in [-0.15, -0.1) is 0 Å². The summed E-state index contributed by atoms with van der Waals surface area (Å²) in [6.45, 7) is 8.59. The average molecular weight is 679 g/mol. The molecule has 0 spiro atoms. The molecule has 4 N–H and O–H groups in total. The molecule has 2 aromatic rings. The molecule has 4 aliphatic carbocycles. The Hall–Kier alpha value is -2.47. The summed E-state index contributed by atoms with van der Waals surface area (Å²) in [6, 6.07) is 5.31. The summed E-state index contributed by atoms with van der Waals surface area (Å²) in [6.07, 6.45) is 9.85. The van der Waals surface area contributed by atoms with Gasteiger partial charge in [0.25, 0.3) is 0 Å². The number of aromatic nitrogens is 2. The summed E-state index contributed by atoms with van der Waals surface area (Å²) in [5, 5.41) is 36.7. The number of piperidine rings is 1. The summed E-state index contributed by atoms with van der Waals surface area (Å²) >= 11 is 0. The average Bonchev–Trinajstić information content (AvgIpc) is 3.73. The Morgan fingerprint density at radius 2 is 1.98 bits per heavy atom. The number of hydrogen-bond acceptors (Lipinski definition) is 7. The van der Waals surface area contributed by atoms with E-state index in [1.807, 2.05) is 23.0 Å². The number of Topliss-reactive ketones (excluding diaryl/α,β-unsaturated/α-hetero) is 1. The zero-order valence-corrected chi connectivity index (χ0v) is 29.2. The van der Waals surface area contributed by atoms with E-state index >= 15 is 4.39 Å². The summed E-state index contributed by atoms with van der Waals surface area (Å²) in [5.41, 5.74) is 2.86. The van der Waals surface area contributed by atoms with Crippen LogP contribution in [0.3, 0.4) is 0 Å². The highest BCUT2D eigenvalue weighted by Crippen LogP contribution is 2.70. The molecular formula is C39H53FN3O6+. The van der Waals surface area contributed by atoms with Crippen LogP contribution < -0.4 is 4.90 Å². The van der Waals surface area contributed by atoms with E-state index in [1.54, 1.807) is 6.07 Å². The maximum atomic E-state index is 15.1. The number of halogens is 1. The maximum absolute atomic E-state index is 15.1. The smallest absolute Gasteiger partial charge is 0.193 e. The van der Waals surface area contributed by atoms with E-state index in [-0.39, 0.29) is 41.4 Å². The fraction of sp³-hybridized carbons (Fsp3) is 0.692. The first kappa shape index (κ1) is 33.7. The van der Waals surface area contributed by atoms with Gasteiger partial charge in [-0.3, -0.25) is 4.79 Å². The van der Waals surface area contributed by atoms with Crippen LogP contribution in [-0.2, 0) is 27.2 Å². The number of aliphatic hydroxyl groups is 3. The van der Waals surface area contributed by atoms with Crippen molar-refractivity contribution >= 4 is 11.9 Å². The molecule has 3 heterocycles. The second kappa shape index (κ2) is 12.3. The van der Waals surface area contributed by atoms with Gasteiger partial charge in [-0.25, -0.2) is 9.07 Å². The number of ketones is 1. The van der Waals surface area contributed by atoms with Crippen molar-refractivity contribution in [3.8, 4) is 5.69 Å². The van der Waals surface area contributed by atoms with E-state index in [4.69, 9.17) is 14.6 Å². The van der Waals surface area contributed by atoms with Gasteiger partial charge in [0.05, 0.1) is 42.9 Å². The number of likely N-dealkylation sites (tertiary alicyclic amines) is 1. The molecule has 8 rings (SSSR count). The Kier molecular flexibility index (Phi) is 8.48. The molecule has 2 aliphatic heterocycles. The summed E-state index contributed by atoms with van der Waals surface area (Å²) in [7, 11) is 0. The molecule has 1 aromatic carbocycles. The van der Waals surface area contributed by atoms with Crippen molar-refractivity contribution < 1.29 is 38.9 Å². The largest absolute Gasteiger partial charge is 0.396 e. The lowest BCUT2D eigenvalue weighted by molar-refractivity contribution is -0.920. The number of ether oxygens (including phenoxy) is 2. The molecule has 0 bridgehead atoms. The van der Waals surface area contributed by atoms with Crippen LogP contribution in [0, 0.1) is 40.3 Å². The lowest BCUT2D eigenvalue weighted by Crippen LogP contribution is -3.11. The Morgan fingerprint density at radius 3 is 2.71 bits per heavy atom. The lowest BCUT2D eigenvalue weighted by atomic mass is 9.45. The normalized spacial score (nSPS) is 40.9. The molecule has 9 atom stereocenters. The molecule has 9 nitrogen and oxygen atoms in total. The van der Waals surface area contributed by atoms with Gasteiger partial charge in [-0.1, -0.05) is 32.8 Å². The molecule has 2 saturated heterocycles. The van der Waals surface area contributed by atoms with Crippen LogP contribution in [-0.4, -0.2) is 81.3 Å². The number of aliphatic hydroxyl groups excluding tert-OH is 3. The van der Waals surface area contributed by atoms with E-state index in [9.17, 15) is 20.1 Å². The number of carbonyl (C=O) groups is 1. The molecule has 6 aliphatic rings. The Bertz CT molecular complexity index is 1640. The second-order valence-corrected chi connectivity index (χ2v) is 16.6. The molecular weight excluding hydrogens is 625 g/mol. The number of hydrogen-bond donors (Lipinski definition) is 4. The number of allylic oxidation sites excluding steroid dienone is 1. The highest BCUT2D eigenvalue weighted by atomic mass is 19.1. The first-order chi connectivity index (χ1) is 23.6. The van der Waals surface area contributed by atoms with E-state index in [0.29, 0.717) is 37.3 Å². The fourth-order valence-electron chi connectivity index (χ4n) is 11.7. The van der Waals surface area contributed by atoms with Crippen LogP contribution in [0.1, 0.15) is 89.0 Å². The van der Waals surface area contributed by atoms with Gasteiger partial charge in [0.2, 0.25) is 0 Å². The summed E-state index contributed by atoms with van der Waals surface area (Å²) in [5.74, 6) is 0.155. The van der Waals surface area contributed by atoms with Crippen LogP contribution in [0.15, 0.2) is 30.0 Å². The number of benzene rings is 1. The molecule has 0 amide bonds. The summed E-state index contributed by atoms with van der Waals surface area (Å²) in [4.78, 5) is 15.0. The minimum Gasteiger partial charge on any atom is -0.396 e. The number of rotatable bonds is 8. The van der Waals surface area contributed by atoms with Crippen molar-refractivity contribution in [1.29, 1.82) is 0 Å². The zero-order valence-electron chi connectivity index (χ0n) is 29.2.